The second-order valence-corrected chi connectivity index (χ2v) is 11.3. The zero-order chi connectivity index (χ0) is 28.3. The SMILES string of the molecule is CC(C)(C)OC(=O)N[C@H]1CCN(c2ccc(-c3ccccc3N(C=S(=O)=O)C(=O)OC(C)(C)C)cn2)C1=O. The van der Waals surface area contributed by atoms with E-state index in [4.69, 9.17) is 9.47 Å². The minimum atomic E-state index is -2.68. The number of rotatable bonds is 5. The molecular weight excluding hydrogens is 512 g/mol. The fourth-order valence-electron chi connectivity index (χ4n) is 3.72. The van der Waals surface area contributed by atoms with Gasteiger partial charge in [-0.3, -0.25) is 9.69 Å². The van der Waals surface area contributed by atoms with E-state index in [1.165, 1.54) is 11.1 Å². The topological polar surface area (TPSA) is 135 Å². The van der Waals surface area contributed by atoms with Gasteiger partial charge in [0.1, 0.15) is 28.6 Å². The van der Waals surface area contributed by atoms with E-state index >= 15 is 0 Å². The van der Waals surface area contributed by atoms with E-state index in [9.17, 15) is 22.8 Å². The summed E-state index contributed by atoms with van der Waals surface area (Å²) in [5.41, 5.74) is 0.604. The number of anilines is 2. The van der Waals surface area contributed by atoms with Crippen LogP contribution in [0.15, 0.2) is 42.6 Å². The molecule has 1 saturated heterocycles. The van der Waals surface area contributed by atoms with Gasteiger partial charge in [0.2, 0.25) is 10.3 Å². The van der Waals surface area contributed by atoms with Gasteiger partial charge in [0, 0.05) is 23.9 Å². The summed E-state index contributed by atoms with van der Waals surface area (Å²) in [7, 11) is -2.68. The number of nitrogens with zero attached hydrogens (tertiary/aromatic N) is 3. The molecule has 1 fully saturated rings. The van der Waals surface area contributed by atoms with Crippen LogP contribution in [0.5, 0.6) is 0 Å². The van der Waals surface area contributed by atoms with E-state index < -0.39 is 39.7 Å². The summed E-state index contributed by atoms with van der Waals surface area (Å²) in [6.07, 6.45) is 0.405. The Balaban J connectivity index is 1.84. The number of carbonyl (C=O) groups is 3. The lowest BCUT2D eigenvalue weighted by Gasteiger charge is -2.25. The molecule has 1 aliphatic rings. The number of hydrogen-bond acceptors (Lipinski definition) is 8. The molecule has 1 aliphatic heterocycles. The van der Waals surface area contributed by atoms with Crippen molar-refractivity contribution in [2.75, 3.05) is 16.3 Å². The number of carbonyl (C=O) groups excluding carboxylic acids is 3. The van der Waals surface area contributed by atoms with Gasteiger partial charge in [-0.15, -0.1) is 0 Å². The summed E-state index contributed by atoms with van der Waals surface area (Å²) in [5.74, 6) is 0.0843. The Morgan fingerprint density at radius 3 is 2.29 bits per heavy atom. The molecule has 1 aromatic heterocycles. The molecular formula is C26H32N4O7S. The molecule has 0 saturated carbocycles. The van der Waals surface area contributed by atoms with Crippen LogP contribution in [0.2, 0.25) is 0 Å². The van der Waals surface area contributed by atoms with E-state index in [1.807, 2.05) is 0 Å². The summed E-state index contributed by atoms with van der Waals surface area (Å²) in [5, 5.41) is 2.60. The average Bonchev–Trinajstić information content (AvgIpc) is 3.15. The van der Waals surface area contributed by atoms with Crippen LogP contribution < -0.4 is 15.1 Å². The molecule has 38 heavy (non-hydrogen) atoms. The number of aromatic nitrogens is 1. The highest BCUT2D eigenvalue weighted by molar-refractivity contribution is 7.71. The third kappa shape index (κ3) is 7.54. The number of hydrogen-bond donors (Lipinski definition) is 1. The minimum absolute atomic E-state index is 0.277. The zero-order valence-corrected chi connectivity index (χ0v) is 23.0. The Labute approximate surface area is 223 Å². The number of pyridine rings is 1. The fraction of sp³-hybridized carbons (Fsp3) is 0.423. The molecule has 0 aliphatic carbocycles. The molecule has 11 nitrogen and oxygen atoms in total. The first-order chi connectivity index (χ1) is 17.6. The van der Waals surface area contributed by atoms with Gasteiger partial charge < -0.3 is 14.8 Å². The molecule has 1 aromatic carbocycles. The maximum atomic E-state index is 12.9. The second kappa shape index (κ2) is 11.2. The third-order valence-electron chi connectivity index (χ3n) is 5.18. The fourth-order valence-corrected chi connectivity index (χ4v) is 4.09. The predicted molar refractivity (Wildman–Crippen MR) is 143 cm³/mol. The van der Waals surface area contributed by atoms with Crippen molar-refractivity contribution in [3.05, 3.63) is 42.6 Å². The highest BCUT2D eigenvalue weighted by Crippen LogP contribution is 2.32. The summed E-state index contributed by atoms with van der Waals surface area (Å²) in [4.78, 5) is 44.6. The van der Waals surface area contributed by atoms with Crippen molar-refractivity contribution >= 4 is 45.4 Å². The first-order valence-electron chi connectivity index (χ1n) is 12.0. The summed E-state index contributed by atoms with van der Waals surface area (Å²) < 4.78 is 33.6. The smallest absolute Gasteiger partial charge is 0.419 e. The molecule has 0 bridgehead atoms. The van der Waals surface area contributed by atoms with Crippen molar-refractivity contribution in [3.8, 4) is 11.1 Å². The third-order valence-corrected chi connectivity index (χ3v) is 5.56. The lowest BCUT2D eigenvalue weighted by atomic mass is 10.0. The first kappa shape index (κ1) is 28.6. The molecule has 3 rings (SSSR count). The standard InChI is InChI=1S/C26H32N4O7S/c1-25(2,3)36-23(32)28-19-13-14-29(22(19)31)21-12-11-17(15-27-21)18-9-7-8-10-20(18)30(16-38(34)35)24(33)37-26(4,5)6/h7-12,15-16,19H,13-14H2,1-6H3,(H,28,32)/t19-/m0/s1. The van der Waals surface area contributed by atoms with Gasteiger partial charge in [0.25, 0.3) is 5.91 Å². The summed E-state index contributed by atoms with van der Waals surface area (Å²) >= 11 is 0. The lowest BCUT2D eigenvalue weighted by molar-refractivity contribution is -0.118. The Morgan fingerprint density at radius 2 is 1.71 bits per heavy atom. The van der Waals surface area contributed by atoms with Crippen molar-refractivity contribution in [3.63, 3.8) is 0 Å². The number of amides is 3. The molecule has 2 aromatic rings. The van der Waals surface area contributed by atoms with E-state index in [0.717, 1.165) is 10.4 Å². The van der Waals surface area contributed by atoms with Crippen molar-refractivity contribution in [2.24, 2.45) is 0 Å². The largest absolute Gasteiger partial charge is 0.444 e. The number of nitrogens with one attached hydrogen (secondary N) is 1. The molecule has 2 heterocycles. The highest BCUT2D eigenvalue weighted by Gasteiger charge is 2.35. The van der Waals surface area contributed by atoms with Gasteiger partial charge in [0.15, 0.2) is 0 Å². The Morgan fingerprint density at radius 1 is 1.05 bits per heavy atom. The lowest BCUT2D eigenvalue weighted by Crippen LogP contribution is -2.43. The minimum Gasteiger partial charge on any atom is -0.444 e. The maximum absolute atomic E-state index is 12.9. The van der Waals surface area contributed by atoms with Crippen molar-refractivity contribution in [2.45, 2.75) is 65.2 Å². The van der Waals surface area contributed by atoms with Gasteiger partial charge in [-0.1, -0.05) is 18.2 Å². The van der Waals surface area contributed by atoms with E-state index in [-0.39, 0.29) is 11.6 Å². The van der Waals surface area contributed by atoms with Crippen LogP contribution in [-0.2, 0) is 24.6 Å². The van der Waals surface area contributed by atoms with E-state index in [0.29, 0.717) is 29.9 Å². The van der Waals surface area contributed by atoms with Gasteiger partial charge in [-0.25, -0.2) is 19.5 Å². The average molecular weight is 545 g/mol. The van der Waals surface area contributed by atoms with Crippen LogP contribution in [-0.4, -0.2) is 60.8 Å². The Hall–Kier alpha value is -3.93. The normalized spacial score (nSPS) is 15.6. The molecule has 1 N–H and O–H groups in total. The predicted octanol–water partition coefficient (Wildman–Crippen LogP) is 3.76. The van der Waals surface area contributed by atoms with Crippen molar-refractivity contribution in [1.82, 2.24) is 10.3 Å². The quantitative estimate of drug-likeness (QED) is 0.562. The van der Waals surface area contributed by atoms with E-state index in [2.05, 4.69) is 10.3 Å². The maximum Gasteiger partial charge on any atom is 0.419 e. The zero-order valence-electron chi connectivity index (χ0n) is 22.2. The Kier molecular flexibility index (Phi) is 8.45. The first-order valence-corrected chi connectivity index (χ1v) is 13.1. The molecule has 0 radical (unpaired) electrons. The van der Waals surface area contributed by atoms with Gasteiger partial charge in [-0.2, -0.15) is 8.42 Å². The van der Waals surface area contributed by atoms with Crippen LogP contribution in [0, 0.1) is 0 Å². The van der Waals surface area contributed by atoms with Crippen molar-refractivity contribution in [1.29, 1.82) is 0 Å². The Bertz CT molecular complexity index is 1330. The highest BCUT2D eigenvalue weighted by atomic mass is 32.2. The molecule has 0 spiro atoms. The van der Waals surface area contributed by atoms with Crippen LogP contribution >= 0.6 is 0 Å². The molecule has 3 amide bonds. The second-order valence-electron chi connectivity index (χ2n) is 10.6. The van der Waals surface area contributed by atoms with Gasteiger partial charge >= 0.3 is 12.2 Å². The summed E-state index contributed by atoms with van der Waals surface area (Å²) in [6, 6.07) is 9.35. The van der Waals surface area contributed by atoms with Crippen LogP contribution in [0.4, 0.5) is 21.1 Å². The molecule has 0 unspecified atom stereocenters. The number of para-hydroxylation sites is 1. The summed E-state index contributed by atoms with van der Waals surface area (Å²) in [6.45, 7) is 10.6. The van der Waals surface area contributed by atoms with E-state index in [1.54, 1.807) is 77.9 Å². The van der Waals surface area contributed by atoms with Crippen LogP contribution in [0.3, 0.4) is 0 Å². The van der Waals surface area contributed by atoms with Crippen LogP contribution in [0.25, 0.3) is 11.1 Å². The number of ether oxygens (including phenoxy) is 2. The number of alkyl carbamates (subject to hydrolysis) is 1. The van der Waals surface area contributed by atoms with Gasteiger partial charge in [0.05, 0.1) is 5.69 Å². The van der Waals surface area contributed by atoms with Crippen LogP contribution in [0.1, 0.15) is 48.0 Å². The molecule has 204 valence electrons. The van der Waals surface area contributed by atoms with Gasteiger partial charge in [-0.05, 0) is 66.2 Å². The van der Waals surface area contributed by atoms with Crippen molar-refractivity contribution < 1.29 is 32.3 Å². The monoisotopic (exact) mass is 544 g/mol. The number of benzene rings is 1. The molecule has 1 atom stereocenters. The molecule has 12 heteroatoms.